The molecule has 31 heavy (non-hydrogen) atoms. The van der Waals surface area contributed by atoms with Crippen molar-refractivity contribution in [2.75, 3.05) is 6.54 Å². The number of aromatic amines is 1. The first kappa shape index (κ1) is 20.9. The second-order valence-electron chi connectivity index (χ2n) is 9.20. The van der Waals surface area contributed by atoms with E-state index >= 15 is 0 Å². The lowest BCUT2D eigenvalue weighted by Crippen LogP contribution is -2.33. The van der Waals surface area contributed by atoms with E-state index in [1.165, 1.54) is 12.5 Å². The molecule has 3 aromatic rings. The highest BCUT2D eigenvalue weighted by molar-refractivity contribution is 6.08. The molecule has 1 aromatic heterocycles. The van der Waals surface area contributed by atoms with Gasteiger partial charge in [-0.3, -0.25) is 9.59 Å². The highest BCUT2D eigenvalue weighted by Crippen LogP contribution is 2.38. The van der Waals surface area contributed by atoms with Gasteiger partial charge >= 0.3 is 0 Å². The normalized spacial score (nSPS) is 17.1. The van der Waals surface area contributed by atoms with Crippen molar-refractivity contribution in [2.45, 2.75) is 45.6 Å². The Bertz CT molecular complexity index is 1180. The van der Waals surface area contributed by atoms with Gasteiger partial charge in [-0.2, -0.15) is 0 Å². The number of hydrogen-bond donors (Lipinski definition) is 2. The predicted molar refractivity (Wildman–Crippen MR) is 122 cm³/mol. The van der Waals surface area contributed by atoms with E-state index in [1.807, 2.05) is 54.7 Å². The minimum absolute atomic E-state index is 0.000432. The number of aromatic nitrogens is 1. The van der Waals surface area contributed by atoms with E-state index < -0.39 is 17.7 Å². The van der Waals surface area contributed by atoms with Gasteiger partial charge in [-0.15, -0.1) is 0 Å². The summed E-state index contributed by atoms with van der Waals surface area (Å²) in [4.78, 5) is 30.1. The number of ketones is 1. The zero-order valence-electron chi connectivity index (χ0n) is 18.4. The van der Waals surface area contributed by atoms with Gasteiger partial charge in [0.15, 0.2) is 11.5 Å². The molecule has 0 radical (unpaired) electrons. The maximum Gasteiger partial charge on any atom is 0.290 e. The third-order valence-electron chi connectivity index (χ3n) is 6.07. The smallest absolute Gasteiger partial charge is 0.290 e. The van der Waals surface area contributed by atoms with Crippen LogP contribution >= 0.6 is 0 Å². The number of H-pyrrole nitrogens is 1. The van der Waals surface area contributed by atoms with E-state index in [0.29, 0.717) is 13.0 Å². The van der Waals surface area contributed by atoms with Gasteiger partial charge in [0, 0.05) is 23.6 Å². The topological polar surface area (TPSA) is 73.4 Å². The number of amides is 1. The van der Waals surface area contributed by atoms with Crippen LogP contribution < -0.4 is 0 Å². The van der Waals surface area contributed by atoms with E-state index in [9.17, 15) is 14.7 Å². The van der Waals surface area contributed by atoms with Crippen LogP contribution in [-0.4, -0.2) is 33.2 Å². The monoisotopic (exact) mass is 416 g/mol. The summed E-state index contributed by atoms with van der Waals surface area (Å²) in [6, 6.07) is 15.4. The Morgan fingerprint density at radius 1 is 1.10 bits per heavy atom. The summed E-state index contributed by atoms with van der Waals surface area (Å²) in [5.41, 5.74) is 4.32. The third-order valence-corrected chi connectivity index (χ3v) is 6.07. The number of aliphatic hydroxyl groups excluding tert-OH is 1. The Morgan fingerprint density at radius 3 is 2.42 bits per heavy atom. The first-order valence-corrected chi connectivity index (χ1v) is 10.6. The number of nitrogens with one attached hydrogen (secondary N) is 1. The third kappa shape index (κ3) is 3.76. The predicted octanol–water partition coefficient (Wildman–Crippen LogP) is 4.99. The second-order valence-corrected chi connectivity index (χ2v) is 9.20. The Kier molecular flexibility index (Phi) is 5.21. The first-order valence-electron chi connectivity index (χ1n) is 10.6. The number of fused-ring (bicyclic) bond motifs is 1. The van der Waals surface area contributed by atoms with Gasteiger partial charge < -0.3 is 15.0 Å². The average Bonchev–Trinajstić information content (AvgIpc) is 3.25. The fourth-order valence-corrected chi connectivity index (χ4v) is 4.34. The molecule has 2 aromatic carbocycles. The van der Waals surface area contributed by atoms with Crippen molar-refractivity contribution in [3.05, 3.63) is 82.8 Å². The van der Waals surface area contributed by atoms with E-state index in [0.717, 1.165) is 22.0 Å². The summed E-state index contributed by atoms with van der Waals surface area (Å²) in [7, 11) is 0. The van der Waals surface area contributed by atoms with Crippen molar-refractivity contribution in [2.24, 2.45) is 0 Å². The Labute approximate surface area is 182 Å². The van der Waals surface area contributed by atoms with Crippen molar-refractivity contribution in [1.82, 2.24) is 9.88 Å². The van der Waals surface area contributed by atoms with Crippen LogP contribution in [0.3, 0.4) is 0 Å². The van der Waals surface area contributed by atoms with Crippen molar-refractivity contribution in [1.29, 1.82) is 0 Å². The molecule has 5 heteroatoms. The molecular weight excluding hydrogens is 388 g/mol. The molecule has 160 valence electrons. The molecule has 0 saturated heterocycles. The SMILES string of the molecule is CC(=O)C1=C(O)C(=O)N(CCc2c[nH]c3ccccc23)C1c1ccc(C(C)(C)C)cc1. The fraction of sp³-hybridized carbons (Fsp3) is 0.308. The molecule has 1 aliphatic heterocycles. The molecule has 2 heterocycles. The highest BCUT2D eigenvalue weighted by atomic mass is 16.3. The van der Waals surface area contributed by atoms with Crippen LogP contribution in [0.25, 0.3) is 10.9 Å². The van der Waals surface area contributed by atoms with Crippen LogP contribution in [0, 0.1) is 0 Å². The number of para-hydroxylation sites is 1. The molecule has 2 N–H and O–H groups in total. The maximum atomic E-state index is 12.9. The molecule has 1 unspecified atom stereocenters. The van der Waals surface area contributed by atoms with Crippen LogP contribution in [-0.2, 0) is 21.4 Å². The van der Waals surface area contributed by atoms with Crippen molar-refractivity contribution in [3.8, 4) is 0 Å². The van der Waals surface area contributed by atoms with Crippen LogP contribution in [0.5, 0.6) is 0 Å². The second kappa shape index (κ2) is 7.73. The standard InChI is InChI=1S/C26H28N2O3/c1-16(29)22-23(17-9-11-19(12-10-17)26(2,3)4)28(25(31)24(22)30)14-13-18-15-27-21-8-6-5-7-20(18)21/h5-12,15,23,27,30H,13-14H2,1-4H3. The molecule has 0 aliphatic carbocycles. The minimum Gasteiger partial charge on any atom is -0.503 e. The molecule has 1 atom stereocenters. The van der Waals surface area contributed by atoms with Crippen molar-refractivity contribution >= 4 is 22.6 Å². The molecule has 0 saturated carbocycles. The first-order chi connectivity index (χ1) is 14.7. The summed E-state index contributed by atoms with van der Waals surface area (Å²) < 4.78 is 0. The Morgan fingerprint density at radius 2 is 1.77 bits per heavy atom. The molecule has 1 aliphatic rings. The number of aliphatic hydroxyl groups is 1. The summed E-state index contributed by atoms with van der Waals surface area (Å²) in [5, 5.41) is 11.6. The molecule has 4 rings (SSSR count). The molecule has 0 spiro atoms. The van der Waals surface area contributed by atoms with Crippen LogP contribution in [0.15, 0.2) is 66.1 Å². The molecule has 0 bridgehead atoms. The van der Waals surface area contributed by atoms with Crippen molar-refractivity contribution in [3.63, 3.8) is 0 Å². The number of nitrogens with zero attached hydrogens (tertiary/aromatic N) is 1. The van der Waals surface area contributed by atoms with Gasteiger partial charge in [0.05, 0.1) is 11.6 Å². The highest BCUT2D eigenvalue weighted by Gasteiger charge is 2.42. The van der Waals surface area contributed by atoms with Gasteiger partial charge in [-0.25, -0.2) is 0 Å². The largest absolute Gasteiger partial charge is 0.503 e. The summed E-state index contributed by atoms with van der Waals surface area (Å²) in [6.07, 6.45) is 2.57. The number of Topliss-reactive ketones (excluding diaryl/α,β-unsaturated/α-hetero) is 1. The van der Waals surface area contributed by atoms with Gasteiger partial charge in [0.25, 0.3) is 5.91 Å². The lowest BCUT2D eigenvalue weighted by molar-refractivity contribution is -0.129. The summed E-state index contributed by atoms with van der Waals surface area (Å²) >= 11 is 0. The summed E-state index contributed by atoms with van der Waals surface area (Å²) in [5.74, 6) is -1.21. The number of rotatable bonds is 5. The number of hydrogen-bond acceptors (Lipinski definition) is 3. The van der Waals surface area contributed by atoms with Crippen molar-refractivity contribution < 1.29 is 14.7 Å². The average molecular weight is 417 g/mol. The fourth-order valence-electron chi connectivity index (χ4n) is 4.34. The van der Waals surface area contributed by atoms with Gasteiger partial charge in [-0.05, 0) is 41.5 Å². The quantitative estimate of drug-likeness (QED) is 0.615. The molecular formula is C26H28N2O3. The van der Waals surface area contributed by atoms with Crippen LogP contribution in [0.2, 0.25) is 0 Å². The zero-order chi connectivity index (χ0) is 22.3. The van der Waals surface area contributed by atoms with Gasteiger partial charge in [0.2, 0.25) is 0 Å². The van der Waals surface area contributed by atoms with Crippen LogP contribution in [0.1, 0.15) is 50.4 Å². The molecule has 5 nitrogen and oxygen atoms in total. The Hall–Kier alpha value is -3.34. The molecule has 1 amide bonds. The minimum atomic E-state index is -0.579. The zero-order valence-corrected chi connectivity index (χ0v) is 18.4. The van der Waals surface area contributed by atoms with Gasteiger partial charge in [-0.1, -0.05) is 63.2 Å². The Balaban J connectivity index is 1.67. The van der Waals surface area contributed by atoms with Gasteiger partial charge in [0.1, 0.15) is 0 Å². The van der Waals surface area contributed by atoms with E-state index in [-0.39, 0.29) is 16.8 Å². The van der Waals surface area contributed by atoms with E-state index in [2.05, 4.69) is 25.8 Å². The lowest BCUT2D eigenvalue weighted by atomic mass is 9.85. The van der Waals surface area contributed by atoms with Crippen LogP contribution in [0.4, 0.5) is 0 Å². The number of carbonyl (C=O) groups excluding carboxylic acids is 2. The lowest BCUT2D eigenvalue weighted by Gasteiger charge is -2.27. The summed E-state index contributed by atoms with van der Waals surface area (Å²) in [6.45, 7) is 8.22. The maximum absolute atomic E-state index is 12.9. The number of benzene rings is 2. The van der Waals surface area contributed by atoms with E-state index in [4.69, 9.17) is 0 Å². The number of carbonyl (C=O) groups is 2. The molecule has 0 fully saturated rings. The van der Waals surface area contributed by atoms with E-state index in [1.54, 1.807) is 4.90 Å².